The van der Waals surface area contributed by atoms with Crippen LogP contribution in [0.3, 0.4) is 0 Å². The summed E-state index contributed by atoms with van der Waals surface area (Å²) >= 11 is 1.36. The van der Waals surface area contributed by atoms with Gasteiger partial charge in [-0.25, -0.2) is 4.98 Å². The fourth-order valence-electron chi connectivity index (χ4n) is 2.41. The zero-order valence-electron chi connectivity index (χ0n) is 13.4. The Morgan fingerprint density at radius 3 is 2.62 bits per heavy atom. The average Bonchev–Trinajstić information content (AvgIpc) is 2.95. The summed E-state index contributed by atoms with van der Waals surface area (Å²) < 4.78 is 0.873. The van der Waals surface area contributed by atoms with Crippen LogP contribution in [0.2, 0.25) is 0 Å². The molecule has 0 aliphatic heterocycles. The molecule has 0 bridgehead atoms. The van der Waals surface area contributed by atoms with Crippen molar-refractivity contribution in [1.29, 1.82) is 0 Å². The van der Waals surface area contributed by atoms with E-state index in [1.165, 1.54) is 18.3 Å². The van der Waals surface area contributed by atoms with Crippen LogP contribution in [0.15, 0.2) is 48.5 Å². The second-order valence-electron chi connectivity index (χ2n) is 5.53. The second-order valence-corrected chi connectivity index (χ2v) is 6.56. The highest BCUT2D eigenvalue weighted by Gasteiger charge is 2.14. The van der Waals surface area contributed by atoms with Crippen LogP contribution >= 0.6 is 11.3 Å². The topological polar surface area (TPSA) is 62.3 Å². The molecule has 6 heteroatoms. The third-order valence-electron chi connectivity index (χ3n) is 3.53. The molecule has 122 valence electrons. The third kappa shape index (κ3) is 3.60. The lowest BCUT2D eigenvalue weighted by molar-refractivity contribution is -0.114. The van der Waals surface area contributed by atoms with Gasteiger partial charge in [0.1, 0.15) is 0 Å². The number of amides is 2. The Morgan fingerprint density at radius 1 is 1.17 bits per heavy atom. The summed E-state index contributed by atoms with van der Waals surface area (Å²) in [5.74, 6) is -0.205. The number of aromatic nitrogens is 1. The van der Waals surface area contributed by atoms with E-state index < -0.39 is 0 Å². The standard InChI is InChI=1S/C18H17N3O2S/c1-12(22)19-18-20-15-9-8-14(10-16(15)24-18)17(23)21(2)11-13-6-4-3-5-7-13/h3-10H,11H2,1-2H3,(H,19,20,22). The number of carbonyl (C=O) groups is 2. The summed E-state index contributed by atoms with van der Waals surface area (Å²) in [5.41, 5.74) is 2.46. The molecule has 0 saturated heterocycles. The summed E-state index contributed by atoms with van der Waals surface area (Å²) in [7, 11) is 1.79. The van der Waals surface area contributed by atoms with E-state index in [0.29, 0.717) is 17.2 Å². The van der Waals surface area contributed by atoms with E-state index in [9.17, 15) is 9.59 Å². The minimum absolute atomic E-state index is 0.0461. The number of anilines is 1. The zero-order chi connectivity index (χ0) is 17.1. The number of thiazole rings is 1. The molecule has 3 aromatic rings. The fourth-order valence-corrected chi connectivity index (χ4v) is 3.36. The molecule has 0 aliphatic rings. The molecule has 1 heterocycles. The minimum Gasteiger partial charge on any atom is -0.337 e. The van der Waals surface area contributed by atoms with Crippen LogP contribution in [0, 0.1) is 0 Å². The largest absolute Gasteiger partial charge is 0.337 e. The lowest BCUT2D eigenvalue weighted by Gasteiger charge is -2.17. The Bertz CT molecular complexity index is 890. The van der Waals surface area contributed by atoms with Crippen molar-refractivity contribution in [3.63, 3.8) is 0 Å². The summed E-state index contributed by atoms with van der Waals surface area (Å²) in [4.78, 5) is 29.8. The van der Waals surface area contributed by atoms with Crippen LogP contribution in [-0.4, -0.2) is 28.7 Å². The lowest BCUT2D eigenvalue weighted by Crippen LogP contribution is -2.26. The SMILES string of the molecule is CC(=O)Nc1nc2ccc(C(=O)N(C)Cc3ccccc3)cc2s1. The van der Waals surface area contributed by atoms with Gasteiger partial charge in [0, 0.05) is 26.1 Å². The van der Waals surface area contributed by atoms with E-state index in [1.807, 2.05) is 36.4 Å². The predicted octanol–water partition coefficient (Wildman–Crippen LogP) is 3.53. The number of fused-ring (bicyclic) bond motifs is 1. The van der Waals surface area contributed by atoms with E-state index in [2.05, 4.69) is 10.3 Å². The molecule has 0 atom stereocenters. The van der Waals surface area contributed by atoms with Gasteiger partial charge in [0.25, 0.3) is 5.91 Å². The normalized spacial score (nSPS) is 10.6. The molecule has 1 N–H and O–H groups in total. The Kier molecular flexibility index (Phi) is 4.57. The first-order valence-electron chi connectivity index (χ1n) is 7.50. The number of rotatable bonds is 4. The quantitative estimate of drug-likeness (QED) is 0.791. The zero-order valence-corrected chi connectivity index (χ0v) is 14.3. The Balaban J connectivity index is 1.80. The highest BCUT2D eigenvalue weighted by Crippen LogP contribution is 2.27. The van der Waals surface area contributed by atoms with Crippen LogP contribution < -0.4 is 5.32 Å². The molecule has 0 unspecified atom stereocenters. The highest BCUT2D eigenvalue weighted by atomic mass is 32.1. The van der Waals surface area contributed by atoms with Crippen molar-refractivity contribution in [3.8, 4) is 0 Å². The second kappa shape index (κ2) is 6.80. The maximum Gasteiger partial charge on any atom is 0.253 e. The number of nitrogens with zero attached hydrogens (tertiary/aromatic N) is 2. The summed E-state index contributed by atoms with van der Waals surface area (Å²) in [5, 5.41) is 3.21. The summed E-state index contributed by atoms with van der Waals surface area (Å²) in [6.45, 7) is 2.00. The van der Waals surface area contributed by atoms with E-state index in [0.717, 1.165) is 15.8 Å². The molecule has 2 amide bonds. The van der Waals surface area contributed by atoms with E-state index in [-0.39, 0.29) is 11.8 Å². The number of benzene rings is 2. The van der Waals surface area contributed by atoms with Crippen LogP contribution in [-0.2, 0) is 11.3 Å². The molecule has 0 aliphatic carbocycles. The van der Waals surface area contributed by atoms with Gasteiger partial charge < -0.3 is 10.2 Å². The predicted molar refractivity (Wildman–Crippen MR) is 96.2 cm³/mol. The number of carbonyl (C=O) groups excluding carboxylic acids is 2. The minimum atomic E-state index is -0.159. The van der Waals surface area contributed by atoms with E-state index in [1.54, 1.807) is 24.1 Å². The number of nitrogens with one attached hydrogen (secondary N) is 1. The molecule has 1 aromatic heterocycles. The Morgan fingerprint density at radius 2 is 1.92 bits per heavy atom. The molecule has 2 aromatic carbocycles. The van der Waals surface area contributed by atoms with Crippen molar-refractivity contribution in [2.75, 3.05) is 12.4 Å². The van der Waals surface area contributed by atoms with Gasteiger partial charge in [-0.3, -0.25) is 9.59 Å². The van der Waals surface area contributed by atoms with Crippen molar-refractivity contribution < 1.29 is 9.59 Å². The van der Waals surface area contributed by atoms with Gasteiger partial charge in [-0.15, -0.1) is 0 Å². The smallest absolute Gasteiger partial charge is 0.253 e. The highest BCUT2D eigenvalue weighted by molar-refractivity contribution is 7.22. The maximum absolute atomic E-state index is 12.6. The molecule has 0 saturated carbocycles. The van der Waals surface area contributed by atoms with Gasteiger partial charge in [-0.1, -0.05) is 41.7 Å². The molecule has 0 fully saturated rings. The monoisotopic (exact) mass is 339 g/mol. The number of hydrogen-bond donors (Lipinski definition) is 1. The van der Waals surface area contributed by atoms with Gasteiger partial charge in [-0.05, 0) is 23.8 Å². The van der Waals surface area contributed by atoms with E-state index >= 15 is 0 Å². The third-order valence-corrected chi connectivity index (χ3v) is 4.46. The number of hydrogen-bond acceptors (Lipinski definition) is 4. The van der Waals surface area contributed by atoms with Gasteiger partial charge in [-0.2, -0.15) is 0 Å². The van der Waals surface area contributed by atoms with Gasteiger partial charge >= 0.3 is 0 Å². The summed E-state index contributed by atoms with van der Waals surface area (Å²) in [6, 6.07) is 15.3. The summed E-state index contributed by atoms with van der Waals surface area (Å²) in [6.07, 6.45) is 0. The maximum atomic E-state index is 12.6. The van der Waals surface area contributed by atoms with Gasteiger partial charge in [0.05, 0.1) is 10.2 Å². The molecule has 0 radical (unpaired) electrons. The van der Waals surface area contributed by atoms with Gasteiger partial charge in [0.15, 0.2) is 5.13 Å². The molecule has 24 heavy (non-hydrogen) atoms. The van der Waals surface area contributed by atoms with Crippen molar-refractivity contribution in [2.45, 2.75) is 13.5 Å². The van der Waals surface area contributed by atoms with Crippen molar-refractivity contribution >= 4 is 38.5 Å². The fraction of sp³-hybridized carbons (Fsp3) is 0.167. The molecule has 0 spiro atoms. The van der Waals surface area contributed by atoms with Crippen molar-refractivity contribution in [3.05, 3.63) is 59.7 Å². The van der Waals surface area contributed by atoms with Crippen LogP contribution in [0.25, 0.3) is 10.2 Å². The first-order chi connectivity index (χ1) is 11.5. The molecular formula is C18H17N3O2S. The van der Waals surface area contributed by atoms with E-state index in [4.69, 9.17) is 0 Å². The Labute approximate surface area is 143 Å². The van der Waals surface area contributed by atoms with Crippen LogP contribution in [0.4, 0.5) is 5.13 Å². The van der Waals surface area contributed by atoms with Crippen molar-refractivity contribution in [2.24, 2.45) is 0 Å². The lowest BCUT2D eigenvalue weighted by atomic mass is 10.1. The average molecular weight is 339 g/mol. The first kappa shape index (κ1) is 16.1. The van der Waals surface area contributed by atoms with Gasteiger partial charge in [0.2, 0.25) is 5.91 Å². The molecule has 3 rings (SSSR count). The van der Waals surface area contributed by atoms with Crippen molar-refractivity contribution in [1.82, 2.24) is 9.88 Å². The first-order valence-corrected chi connectivity index (χ1v) is 8.32. The van der Waals surface area contributed by atoms with Crippen LogP contribution in [0.1, 0.15) is 22.8 Å². The molecule has 5 nitrogen and oxygen atoms in total. The molecular weight excluding hydrogens is 322 g/mol. The van der Waals surface area contributed by atoms with Crippen LogP contribution in [0.5, 0.6) is 0 Å². The Hall–Kier alpha value is -2.73.